The molecule has 0 aliphatic carbocycles. The number of amides is 2. The zero-order chi connectivity index (χ0) is 17.4. The van der Waals surface area contributed by atoms with E-state index in [4.69, 9.17) is 0 Å². The van der Waals surface area contributed by atoms with Crippen molar-refractivity contribution in [1.29, 1.82) is 0 Å². The first kappa shape index (κ1) is 18.4. The number of benzene rings is 1. The molecule has 6 heteroatoms. The molecule has 24 heavy (non-hydrogen) atoms. The van der Waals surface area contributed by atoms with Crippen LogP contribution in [0.2, 0.25) is 0 Å². The van der Waals surface area contributed by atoms with Gasteiger partial charge in [-0.05, 0) is 26.0 Å². The predicted molar refractivity (Wildman–Crippen MR) is 95.9 cm³/mol. The van der Waals surface area contributed by atoms with Crippen LogP contribution in [0.1, 0.15) is 13.8 Å². The van der Waals surface area contributed by atoms with Crippen LogP contribution in [-0.4, -0.2) is 78.9 Å². The predicted octanol–water partition coefficient (Wildman–Crippen LogP) is 1.11. The molecule has 0 spiro atoms. The molecule has 0 atom stereocenters. The average molecular weight is 332 g/mol. The lowest BCUT2D eigenvalue weighted by molar-refractivity contribution is -0.132. The van der Waals surface area contributed by atoms with E-state index in [1.165, 1.54) is 0 Å². The molecule has 1 aliphatic rings. The average Bonchev–Trinajstić information content (AvgIpc) is 2.58. The highest BCUT2D eigenvalue weighted by Gasteiger charge is 2.21. The Kier molecular flexibility index (Phi) is 7.21. The van der Waals surface area contributed by atoms with Crippen molar-refractivity contribution >= 4 is 17.5 Å². The monoisotopic (exact) mass is 332 g/mol. The number of anilines is 1. The minimum absolute atomic E-state index is 0.00821. The van der Waals surface area contributed by atoms with E-state index in [1.54, 1.807) is 0 Å². The number of piperazine rings is 1. The molecule has 2 amide bonds. The lowest BCUT2D eigenvalue weighted by Gasteiger charge is -2.34. The van der Waals surface area contributed by atoms with Gasteiger partial charge < -0.3 is 10.2 Å². The molecule has 132 valence electrons. The zero-order valence-electron chi connectivity index (χ0n) is 14.7. The van der Waals surface area contributed by atoms with E-state index in [-0.39, 0.29) is 11.8 Å². The SMILES string of the molecule is CCN(CC)C(=O)CN1CCN(CC(=O)Nc2ccccc2)CC1. The van der Waals surface area contributed by atoms with Crippen LogP contribution in [0, 0.1) is 0 Å². The van der Waals surface area contributed by atoms with Gasteiger partial charge in [0.05, 0.1) is 13.1 Å². The molecule has 6 nitrogen and oxygen atoms in total. The van der Waals surface area contributed by atoms with Gasteiger partial charge in [0.25, 0.3) is 0 Å². The first-order valence-electron chi connectivity index (χ1n) is 8.69. The molecule has 1 heterocycles. The van der Waals surface area contributed by atoms with Crippen LogP contribution in [0.4, 0.5) is 5.69 Å². The van der Waals surface area contributed by atoms with Crippen LogP contribution < -0.4 is 5.32 Å². The molecule has 1 aromatic rings. The highest BCUT2D eigenvalue weighted by atomic mass is 16.2. The number of rotatable bonds is 7. The van der Waals surface area contributed by atoms with Gasteiger partial charge in [0, 0.05) is 45.0 Å². The standard InChI is InChI=1S/C18H28N4O2/c1-3-22(4-2)18(24)15-21-12-10-20(11-13-21)14-17(23)19-16-8-6-5-7-9-16/h5-9H,3-4,10-15H2,1-2H3,(H,19,23). The number of hydrogen-bond donors (Lipinski definition) is 1. The molecule has 0 unspecified atom stereocenters. The van der Waals surface area contributed by atoms with E-state index in [0.717, 1.165) is 45.0 Å². The van der Waals surface area contributed by atoms with Crippen molar-refractivity contribution < 1.29 is 9.59 Å². The van der Waals surface area contributed by atoms with Gasteiger partial charge in [-0.25, -0.2) is 0 Å². The Hall–Kier alpha value is -1.92. The van der Waals surface area contributed by atoms with Gasteiger partial charge in [-0.1, -0.05) is 18.2 Å². The van der Waals surface area contributed by atoms with E-state index >= 15 is 0 Å². The van der Waals surface area contributed by atoms with E-state index in [0.29, 0.717) is 13.1 Å². The van der Waals surface area contributed by atoms with Crippen molar-refractivity contribution in [2.45, 2.75) is 13.8 Å². The van der Waals surface area contributed by atoms with E-state index < -0.39 is 0 Å². The van der Waals surface area contributed by atoms with Crippen LogP contribution >= 0.6 is 0 Å². The third-order valence-electron chi connectivity index (χ3n) is 4.36. The summed E-state index contributed by atoms with van der Waals surface area (Å²) in [7, 11) is 0. The number of para-hydroxylation sites is 1. The van der Waals surface area contributed by atoms with E-state index in [2.05, 4.69) is 15.1 Å². The first-order valence-corrected chi connectivity index (χ1v) is 8.69. The third-order valence-corrected chi connectivity index (χ3v) is 4.36. The molecule has 2 rings (SSSR count). The molecule has 0 bridgehead atoms. The van der Waals surface area contributed by atoms with Gasteiger partial charge in [0.15, 0.2) is 0 Å². The van der Waals surface area contributed by atoms with E-state index in [9.17, 15) is 9.59 Å². The fraction of sp³-hybridized carbons (Fsp3) is 0.556. The molecular weight excluding hydrogens is 304 g/mol. The van der Waals surface area contributed by atoms with Crippen molar-refractivity contribution in [1.82, 2.24) is 14.7 Å². The molecule has 1 N–H and O–H groups in total. The highest BCUT2D eigenvalue weighted by Crippen LogP contribution is 2.06. The van der Waals surface area contributed by atoms with Crippen LogP contribution in [0.5, 0.6) is 0 Å². The summed E-state index contributed by atoms with van der Waals surface area (Å²) in [5, 5.41) is 2.91. The summed E-state index contributed by atoms with van der Waals surface area (Å²) in [6, 6.07) is 9.50. The highest BCUT2D eigenvalue weighted by molar-refractivity contribution is 5.92. The van der Waals surface area contributed by atoms with Crippen molar-refractivity contribution in [3.8, 4) is 0 Å². The van der Waals surface area contributed by atoms with Crippen LogP contribution in [-0.2, 0) is 9.59 Å². The van der Waals surface area contributed by atoms with Gasteiger partial charge in [0.1, 0.15) is 0 Å². The Labute approximate surface area is 144 Å². The summed E-state index contributed by atoms with van der Waals surface area (Å²) >= 11 is 0. The second-order valence-electron chi connectivity index (χ2n) is 6.03. The molecule has 0 aromatic heterocycles. The Morgan fingerprint density at radius 1 is 0.958 bits per heavy atom. The Morgan fingerprint density at radius 2 is 1.50 bits per heavy atom. The summed E-state index contributed by atoms with van der Waals surface area (Å²) in [6.07, 6.45) is 0. The maximum atomic E-state index is 12.1. The Bertz CT molecular complexity index is 523. The molecular formula is C18H28N4O2. The van der Waals surface area contributed by atoms with Crippen LogP contribution in [0.15, 0.2) is 30.3 Å². The summed E-state index contributed by atoms with van der Waals surface area (Å²) in [6.45, 7) is 9.68. The number of carbonyl (C=O) groups is 2. The van der Waals surface area contributed by atoms with Gasteiger partial charge in [0.2, 0.25) is 11.8 Å². The number of hydrogen-bond acceptors (Lipinski definition) is 4. The first-order chi connectivity index (χ1) is 11.6. The summed E-state index contributed by atoms with van der Waals surface area (Å²) < 4.78 is 0. The van der Waals surface area contributed by atoms with Crippen LogP contribution in [0.25, 0.3) is 0 Å². The maximum absolute atomic E-state index is 12.1. The lowest BCUT2D eigenvalue weighted by Crippen LogP contribution is -2.51. The van der Waals surface area contributed by atoms with Gasteiger partial charge in [-0.15, -0.1) is 0 Å². The fourth-order valence-corrected chi connectivity index (χ4v) is 2.90. The molecule has 1 saturated heterocycles. The Morgan fingerprint density at radius 3 is 2.04 bits per heavy atom. The topological polar surface area (TPSA) is 55.9 Å². The molecule has 1 aromatic carbocycles. The van der Waals surface area contributed by atoms with Crippen molar-refractivity contribution in [2.75, 3.05) is 57.7 Å². The largest absolute Gasteiger partial charge is 0.342 e. The van der Waals surface area contributed by atoms with Crippen molar-refractivity contribution in [3.63, 3.8) is 0 Å². The van der Waals surface area contributed by atoms with Crippen molar-refractivity contribution in [3.05, 3.63) is 30.3 Å². The number of carbonyl (C=O) groups excluding carboxylic acids is 2. The third kappa shape index (κ3) is 5.62. The number of nitrogens with zero attached hydrogens (tertiary/aromatic N) is 3. The number of nitrogens with one attached hydrogen (secondary N) is 1. The number of likely N-dealkylation sites (N-methyl/N-ethyl adjacent to an activating group) is 1. The Balaban J connectivity index is 1.71. The minimum atomic E-state index is 0.00821. The smallest absolute Gasteiger partial charge is 0.238 e. The lowest BCUT2D eigenvalue weighted by atomic mass is 10.3. The molecule has 0 radical (unpaired) electrons. The van der Waals surface area contributed by atoms with Crippen molar-refractivity contribution in [2.24, 2.45) is 0 Å². The molecule has 1 fully saturated rings. The van der Waals surface area contributed by atoms with Gasteiger partial charge in [-0.2, -0.15) is 0 Å². The fourth-order valence-electron chi connectivity index (χ4n) is 2.90. The summed E-state index contributed by atoms with van der Waals surface area (Å²) in [5.74, 6) is 0.198. The molecule has 1 aliphatic heterocycles. The van der Waals surface area contributed by atoms with Gasteiger partial charge in [-0.3, -0.25) is 19.4 Å². The summed E-state index contributed by atoms with van der Waals surface area (Å²) in [5.41, 5.74) is 0.825. The second kappa shape index (κ2) is 9.39. The van der Waals surface area contributed by atoms with Crippen LogP contribution in [0.3, 0.4) is 0 Å². The summed E-state index contributed by atoms with van der Waals surface area (Å²) in [4.78, 5) is 30.4. The normalized spacial score (nSPS) is 15.9. The zero-order valence-corrected chi connectivity index (χ0v) is 14.7. The van der Waals surface area contributed by atoms with Gasteiger partial charge >= 0.3 is 0 Å². The minimum Gasteiger partial charge on any atom is -0.342 e. The quantitative estimate of drug-likeness (QED) is 0.813. The molecule has 0 saturated carbocycles. The van der Waals surface area contributed by atoms with E-state index in [1.807, 2.05) is 49.1 Å². The maximum Gasteiger partial charge on any atom is 0.238 e. The second-order valence-corrected chi connectivity index (χ2v) is 6.03.